The third-order valence-electron chi connectivity index (χ3n) is 5.11. The van der Waals surface area contributed by atoms with Crippen molar-refractivity contribution in [3.05, 3.63) is 47.2 Å². The molecule has 1 fully saturated rings. The summed E-state index contributed by atoms with van der Waals surface area (Å²) in [4.78, 5) is 12.5. The number of carbonyl (C=O) groups is 1. The van der Waals surface area contributed by atoms with Crippen molar-refractivity contribution in [2.75, 3.05) is 23.4 Å². The average molecular weight is 405 g/mol. The predicted octanol–water partition coefficient (Wildman–Crippen LogP) is 2.32. The number of aryl methyl sites for hydroxylation is 2. The molecule has 1 amide bonds. The van der Waals surface area contributed by atoms with E-state index in [1.165, 1.54) is 5.56 Å². The van der Waals surface area contributed by atoms with Crippen LogP contribution < -0.4 is 10.6 Å². The van der Waals surface area contributed by atoms with Crippen LogP contribution >= 0.6 is 0 Å². The summed E-state index contributed by atoms with van der Waals surface area (Å²) in [6.07, 6.45) is 0.519. The van der Waals surface area contributed by atoms with E-state index in [0.717, 1.165) is 11.3 Å². The largest absolute Gasteiger partial charge is 0.310 e. The molecule has 1 aliphatic heterocycles. The highest BCUT2D eigenvalue weighted by Crippen LogP contribution is 2.27. The topological polar surface area (TPSA) is 93.1 Å². The fraction of sp³-hybridized carbons (Fsp3) is 0.500. The first kappa shape index (κ1) is 20.5. The van der Waals surface area contributed by atoms with E-state index in [9.17, 15) is 13.2 Å². The van der Waals surface area contributed by atoms with Gasteiger partial charge in [0.2, 0.25) is 5.91 Å². The van der Waals surface area contributed by atoms with Crippen molar-refractivity contribution in [2.24, 2.45) is 0 Å². The minimum absolute atomic E-state index is 0.0651. The molecule has 1 aromatic heterocycles. The van der Waals surface area contributed by atoms with Crippen LogP contribution in [0.3, 0.4) is 0 Å². The Bertz CT molecular complexity index is 979. The van der Waals surface area contributed by atoms with Crippen LogP contribution in [0.25, 0.3) is 0 Å². The number of anilines is 1. The SMILES string of the molecule is Cc1cccc(C(C)(C)NCC(=O)Nc2cc(C)nn2C2CCS(=O)(=O)C2)c1. The first-order valence-electron chi connectivity index (χ1n) is 9.44. The molecule has 1 unspecified atom stereocenters. The van der Waals surface area contributed by atoms with Gasteiger partial charge in [0.1, 0.15) is 5.82 Å². The van der Waals surface area contributed by atoms with E-state index >= 15 is 0 Å². The molecule has 7 nitrogen and oxygen atoms in total. The van der Waals surface area contributed by atoms with Crippen molar-refractivity contribution in [2.45, 2.75) is 45.7 Å². The third kappa shape index (κ3) is 4.80. The lowest BCUT2D eigenvalue weighted by Crippen LogP contribution is -2.41. The zero-order chi connectivity index (χ0) is 20.5. The van der Waals surface area contributed by atoms with Crippen LogP contribution in [0.15, 0.2) is 30.3 Å². The van der Waals surface area contributed by atoms with Gasteiger partial charge < -0.3 is 5.32 Å². The van der Waals surface area contributed by atoms with Gasteiger partial charge in [0.25, 0.3) is 0 Å². The summed E-state index contributed by atoms with van der Waals surface area (Å²) in [6, 6.07) is 9.73. The minimum atomic E-state index is -3.03. The Balaban J connectivity index is 1.66. The fourth-order valence-electron chi connectivity index (χ4n) is 3.48. The molecule has 1 aromatic carbocycles. The van der Waals surface area contributed by atoms with Gasteiger partial charge in [0.05, 0.1) is 29.8 Å². The van der Waals surface area contributed by atoms with E-state index in [1.807, 2.05) is 45.9 Å². The van der Waals surface area contributed by atoms with Gasteiger partial charge >= 0.3 is 0 Å². The summed E-state index contributed by atoms with van der Waals surface area (Å²) < 4.78 is 25.2. The molecule has 2 N–H and O–H groups in total. The summed E-state index contributed by atoms with van der Waals surface area (Å²) >= 11 is 0. The Morgan fingerprint density at radius 2 is 2.04 bits per heavy atom. The predicted molar refractivity (Wildman–Crippen MR) is 110 cm³/mol. The van der Waals surface area contributed by atoms with Crippen molar-refractivity contribution in [3.8, 4) is 0 Å². The van der Waals surface area contributed by atoms with E-state index in [0.29, 0.717) is 12.2 Å². The van der Waals surface area contributed by atoms with Crippen LogP contribution in [0.5, 0.6) is 0 Å². The van der Waals surface area contributed by atoms with Crippen molar-refractivity contribution in [3.63, 3.8) is 0 Å². The summed E-state index contributed by atoms with van der Waals surface area (Å²) in [7, 11) is -3.03. The van der Waals surface area contributed by atoms with Crippen LogP contribution in [-0.4, -0.2) is 42.2 Å². The van der Waals surface area contributed by atoms with Crippen LogP contribution in [-0.2, 0) is 20.2 Å². The van der Waals surface area contributed by atoms with Crippen molar-refractivity contribution in [1.29, 1.82) is 0 Å². The first-order valence-corrected chi connectivity index (χ1v) is 11.3. The van der Waals surface area contributed by atoms with E-state index in [2.05, 4.69) is 21.8 Å². The van der Waals surface area contributed by atoms with Gasteiger partial charge in [-0.1, -0.05) is 29.8 Å². The van der Waals surface area contributed by atoms with E-state index < -0.39 is 9.84 Å². The lowest BCUT2D eigenvalue weighted by Gasteiger charge is -2.27. The van der Waals surface area contributed by atoms with Crippen LogP contribution in [0.2, 0.25) is 0 Å². The van der Waals surface area contributed by atoms with Crippen LogP contribution in [0.4, 0.5) is 5.82 Å². The second kappa shape index (κ2) is 7.67. The smallest absolute Gasteiger partial charge is 0.239 e. The molecule has 0 bridgehead atoms. The highest BCUT2D eigenvalue weighted by atomic mass is 32.2. The molecule has 2 heterocycles. The summed E-state index contributed by atoms with van der Waals surface area (Å²) in [5.74, 6) is 0.578. The number of hydrogen-bond donors (Lipinski definition) is 2. The number of amides is 1. The number of sulfone groups is 1. The van der Waals surface area contributed by atoms with E-state index in [1.54, 1.807) is 10.7 Å². The monoisotopic (exact) mass is 404 g/mol. The van der Waals surface area contributed by atoms with Gasteiger partial charge in [-0.2, -0.15) is 5.10 Å². The maximum absolute atomic E-state index is 12.5. The van der Waals surface area contributed by atoms with Gasteiger partial charge in [-0.25, -0.2) is 13.1 Å². The standard InChI is InChI=1S/C20H28N4O3S/c1-14-6-5-7-16(10-14)20(3,4)21-12-19(25)22-18-11-15(2)23-24(18)17-8-9-28(26,27)13-17/h5-7,10-11,17,21H,8-9,12-13H2,1-4H3,(H,22,25). The second-order valence-electron chi connectivity index (χ2n) is 8.07. The lowest BCUT2D eigenvalue weighted by atomic mass is 9.93. The Labute approximate surface area is 166 Å². The number of carbonyl (C=O) groups excluding carboxylic acids is 1. The molecule has 2 aromatic rings. The number of benzene rings is 1. The first-order chi connectivity index (χ1) is 13.1. The zero-order valence-electron chi connectivity index (χ0n) is 16.8. The zero-order valence-corrected chi connectivity index (χ0v) is 17.6. The minimum Gasteiger partial charge on any atom is -0.310 e. The number of nitrogens with zero attached hydrogens (tertiary/aromatic N) is 2. The lowest BCUT2D eigenvalue weighted by molar-refractivity contribution is -0.115. The van der Waals surface area contributed by atoms with Gasteiger partial charge in [-0.05, 0) is 39.7 Å². The molecule has 0 aliphatic carbocycles. The highest BCUT2D eigenvalue weighted by Gasteiger charge is 2.31. The third-order valence-corrected chi connectivity index (χ3v) is 6.86. The molecular weight excluding hydrogens is 376 g/mol. The maximum atomic E-state index is 12.5. The van der Waals surface area contributed by atoms with E-state index in [4.69, 9.17) is 0 Å². The van der Waals surface area contributed by atoms with E-state index in [-0.39, 0.29) is 35.5 Å². The fourth-order valence-corrected chi connectivity index (χ4v) is 5.17. The van der Waals surface area contributed by atoms with Crippen molar-refractivity contribution >= 4 is 21.6 Å². The molecule has 3 rings (SSSR count). The Morgan fingerprint density at radius 1 is 1.29 bits per heavy atom. The van der Waals surface area contributed by atoms with Crippen molar-refractivity contribution in [1.82, 2.24) is 15.1 Å². The molecular formula is C20H28N4O3S. The molecule has 0 spiro atoms. The molecule has 28 heavy (non-hydrogen) atoms. The highest BCUT2D eigenvalue weighted by molar-refractivity contribution is 7.91. The quantitative estimate of drug-likeness (QED) is 0.771. The Morgan fingerprint density at radius 3 is 2.68 bits per heavy atom. The molecule has 0 radical (unpaired) electrons. The molecule has 0 saturated carbocycles. The van der Waals surface area contributed by atoms with Crippen molar-refractivity contribution < 1.29 is 13.2 Å². The van der Waals surface area contributed by atoms with Crippen LogP contribution in [0, 0.1) is 13.8 Å². The number of rotatable bonds is 6. The molecule has 1 saturated heterocycles. The molecule has 1 atom stereocenters. The second-order valence-corrected chi connectivity index (χ2v) is 10.3. The van der Waals surface area contributed by atoms with Gasteiger partial charge in [-0.15, -0.1) is 0 Å². The summed E-state index contributed by atoms with van der Waals surface area (Å²) in [5, 5.41) is 10.6. The maximum Gasteiger partial charge on any atom is 0.239 e. The number of nitrogens with one attached hydrogen (secondary N) is 2. The Hall–Kier alpha value is -2.19. The Kier molecular flexibility index (Phi) is 5.63. The van der Waals surface area contributed by atoms with Gasteiger partial charge in [0, 0.05) is 11.6 Å². The van der Waals surface area contributed by atoms with Gasteiger partial charge in [-0.3, -0.25) is 10.1 Å². The van der Waals surface area contributed by atoms with Crippen LogP contribution in [0.1, 0.15) is 43.1 Å². The number of aromatic nitrogens is 2. The normalized spacial score (nSPS) is 18.9. The van der Waals surface area contributed by atoms with Gasteiger partial charge in [0.15, 0.2) is 9.84 Å². The molecule has 8 heteroatoms. The summed E-state index contributed by atoms with van der Waals surface area (Å²) in [5.41, 5.74) is 2.66. The molecule has 152 valence electrons. The summed E-state index contributed by atoms with van der Waals surface area (Å²) in [6.45, 7) is 8.07. The number of hydrogen-bond acceptors (Lipinski definition) is 5. The average Bonchev–Trinajstić information content (AvgIpc) is 3.15. The molecule has 1 aliphatic rings.